The lowest BCUT2D eigenvalue weighted by Crippen LogP contribution is -2.38. The second-order valence-electron chi connectivity index (χ2n) is 7.94. The van der Waals surface area contributed by atoms with E-state index in [4.69, 9.17) is 0 Å². The SMILES string of the molecule is CC(C)C1CCC(NCCCN(C)C2CCCCC2)CC1. The standard InChI is InChI=1S/C19H38N2/c1-16(2)17-10-12-18(13-11-17)20-14-7-15-21(3)19-8-5-4-6-9-19/h16-20H,4-15H2,1-3H3. The third-order valence-electron chi connectivity index (χ3n) is 6.03. The van der Waals surface area contributed by atoms with Crippen LogP contribution in [0.25, 0.3) is 0 Å². The molecular weight excluding hydrogens is 256 g/mol. The van der Waals surface area contributed by atoms with E-state index in [1.807, 2.05) is 0 Å². The normalized spacial score (nSPS) is 28.4. The highest BCUT2D eigenvalue weighted by Crippen LogP contribution is 2.29. The van der Waals surface area contributed by atoms with Gasteiger partial charge in [0.2, 0.25) is 0 Å². The average Bonchev–Trinajstić information content (AvgIpc) is 2.52. The van der Waals surface area contributed by atoms with E-state index in [0.717, 1.165) is 23.9 Å². The van der Waals surface area contributed by atoms with Crippen molar-refractivity contribution in [1.29, 1.82) is 0 Å². The van der Waals surface area contributed by atoms with E-state index in [2.05, 4.69) is 31.1 Å². The molecule has 0 heterocycles. The van der Waals surface area contributed by atoms with E-state index in [1.165, 1.54) is 77.3 Å². The Morgan fingerprint density at radius 3 is 2.24 bits per heavy atom. The van der Waals surface area contributed by atoms with Crippen LogP contribution in [-0.4, -0.2) is 37.1 Å². The minimum Gasteiger partial charge on any atom is -0.314 e. The number of nitrogens with zero attached hydrogens (tertiary/aromatic N) is 1. The van der Waals surface area contributed by atoms with Crippen molar-refractivity contribution in [2.75, 3.05) is 20.1 Å². The van der Waals surface area contributed by atoms with Crippen LogP contribution in [0, 0.1) is 11.8 Å². The first-order chi connectivity index (χ1) is 10.2. The summed E-state index contributed by atoms with van der Waals surface area (Å²) in [5.41, 5.74) is 0. The van der Waals surface area contributed by atoms with Crippen molar-refractivity contribution in [2.45, 2.75) is 90.1 Å². The first kappa shape index (κ1) is 17.3. The predicted octanol–water partition coefficient (Wildman–Crippen LogP) is 4.45. The van der Waals surface area contributed by atoms with Gasteiger partial charge in [-0.25, -0.2) is 0 Å². The molecule has 0 radical (unpaired) electrons. The van der Waals surface area contributed by atoms with Gasteiger partial charge >= 0.3 is 0 Å². The van der Waals surface area contributed by atoms with Gasteiger partial charge in [-0.05, 0) is 76.9 Å². The van der Waals surface area contributed by atoms with Gasteiger partial charge in [0, 0.05) is 12.1 Å². The zero-order chi connectivity index (χ0) is 15.1. The van der Waals surface area contributed by atoms with Crippen LogP contribution in [0.4, 0.5) is 0 Å². The highest BCUT2D eigenvalue weighted by atomic mass is 15.1. The molecule has 2 saturated carbocycles. The first-order valence-electron chi connectivity index (χ1n) is 9.60. The summed E-state index contributed by atoms with van der Waals surface area (Å²) in [4.78, 5) is 2.62. The van der Waals surface area contributed by atoms with Gasteiger partial charge in [0.25, 0.3) is 0 Å². The quantitative estimate of drug-likeness (QED) is 0.698. The Morgan fingerprint density at radius 1 is 0.952 bits per heavy atom. The van der Waals surface area contributed by atoms with Gasteiger partial charge < -0.3 is 10.2 Å². The summed E-state index contributed by atoms with van der Waals surface area (Å²) in [6, 6.07) is 1.68. The van der Waals surface area contributed by atoms with Gasteiger partial charge in [0.1, 0.15) is 0 Å². The summed E-state index contributed by atoms with van der Waals surface area (Å²) in [5.74, 6) is 1.87. The van der Waals surface area contributed by atoms with Crippen LogP contribution in [0.2, 0.25) is 0 Å². The van der Waals surface area contributed by atoms with E-state index < -0.39 is 0 Å². The minimum atomic E-state index is 0.806. The van der Waals surface area contributed by atoms with E-state index in [0.29, 0.717) is 0 Å². The molecule has 0 bridgehead atoms. The average molecular weight is 295 g/mol. The molecule has 124 valence electrons. The van der Waals surface area contributed by atoms with Crippen molar-refractivity contribution in [3.63, 3.8) is 0 Å². The smallest absolute Gasteiger partial charge is 0.00922 e. The van der Waals surface area contributed by atoms with E-state index in [-0.39, 0.29) is 0 Å². The van der Waals surface area contributed by atoms with Gasteiger partial charge in [0.05, 0.1) is 0 Å². The van der Waals surface area contributed by atoms with Gasteiger partial charge in [-0.15, -0.1) is 0 Å². The van der Waals surface area contributed by atoms with E-state index >= 15 is 0 Å². The monoisotopic (exact) mass is 294 g/mol. The summed E-state index contributed by atoms with van der Waals surface area (Å²) in [6.45, 7) is 7.27. The zero-order valence-electron chi connectivity index (χ0n) is 14.7. The largest absolute Gasteiger partial charge is 0.314 e. The van der Waals surface area contributed by atoms with E-state index in [1.54, 1.807) is 0 Å². The zero-order valence-corrected chi connectivity index (χ0v) is 14.7. The minimum absolute atomic E-state index is 0.806. The molecule has 2 heteroatoms. The second-order valence-corrected chi connectivity index (χ2v) is 7.94. The molecule has 21 heavy (non-hydrogen) atoms. The molecule has 1 N–H and O–H groups in total. The lowest BCUT2D eigenvalue weighted by Gasteiger charge is -2.32. The number of hydrogen-bond acceptors (Lipinski definition) is 2. The molecule has 0 aromatic heterocycles. The van der Waals surface area contributed by atoms with Crippen LogP contribution < -0.4 is 5.32 Å². The summed E-state index contributed by atoms with van der Waals surface area (Å²) in [6.07, 6.45) is 14.2. The molecule has 2 aliphatic rings. The van der Waals surface area contributed by atoms with Gasteiger partial charge in [-0.1, -0.05) is 33.1 Å². The summed E-state index contributed by atoms with van der Waals surface area (Å²) < 4.78 is 0. The molecule has 0 saturated heterocycles. The molecular formula is C19H38N2. The van der Waals surface area contributed by atoms with Crippen molar-refractivity contribution < 1.29 is 0 Å². The van der Waals surface area contributed by atoms with Crippen molar-refractivity contribution >= 4 is 0 Å². The summed E-state index contributed by atoms with van der Waals surface area (Å²) in [7, 11) is 2.34. The van der Waals surface area contributed by atoms with Crippen LogP contribution in [0.15, 0.2) is 0 Å². The number of nitrogens with one attached hydrogen (secondary N) is 1. The molecule has 0 amide bonds. The Kier molecular flexibility index (Phi) is 7.53. The lowest BCUT2D eigenvalue weighted by atomic mass is 9.80. The maximum atomic E-state index is 3.81. The molecule has 0 unspecified atom stereocenters. The van der Waals surface area contributed by atoms with Crippen LogP contribution in [-0.2, 0) is 0 Å². The maximum absolute atomic E-state index is 3.81. The molecule has 2 fully saturated rings. The summed E-state index contributed by atoms with van der Waals surface area (Å²) in [5, 5.41) is 3.81. The van der Waals surface area contributed by atoms with Crippen LogP contribution >= 0.6 is 0 Å². The molecule has 2 aliphatic carbocycles. The molecule has 0 atom stereocenters. The molecule has 0 aromatic carbocycles. The van der Waals surface area contributed by atoms with E-state index in [9.17, 15) is 0 Å². The topological polar surface area (TPSA) is 15.3 Å². The number of rotatable bonds is 7. The van der Waals surface area contributed by atoms with Gasteiger partial charge in [-0.3, -0.25) is 0 Å². The fourth-order valence-electron chi connectivity index (χ4n) is 4.33. The maximum Gasteiger partial charge on any atom is 0.00922 e. The fraction of sp³-hybridized carbons (Fsp3) is 1.00. The fourth-order valence-corrected chi connectivity index (χ4v) is 4.33. The molecule has 2 nitrogen and oxygen atoms in total. The molecule has 2 rings (SSSR count). The van der Waals surface area contributed by atoms with Crippen molar-refractivity contribution in [1.82, 2.24) is 10.2 Å². The Morgan fingerprint density at radius 2 is 1.62 bits per heavy atom. The highest BCUT2D eigenvalue weighted by Gasteiger charge is 2.22. The van der Waals surface area contributed by atoms with Crippen molar-refractivity contribution in [3.05, 3.63) is 0 Å². The van der Waals surface area contributed by atoms with Crippen LogP contribution in [0.1, 0.15) is 78.1 Å². The highest BCUT2D eigenvalue weighted by molar-refractivity contribution is 4.79. The molecule has 0 spiro atoms. The van der Waals surface area contributed by atoms with Crippen molar-refractivity contribution in [2.24, 2.45) is 11.8 Å². The first-order valence-corrected chi connectivity index (χ1v) is 9.60. The third-order valence-corrected chi connectivity index (χ3v) is 6.03. The molecule has 0 aliphatic heterocycles. The number of hydrogen-bond donors (Lipinski definition) is 1. The molecule has 0 aromatic rings. The van der Waals surface area contributed by atoms with Gasteiger partial charge in [-0.2, -0.15) is 0 Å². The third kappa shape index (κ3) is 5.90. The Hall–Kier alpha value is -0.0800. The Labute approximate surface area is 133 Å². The Bertz CT molecular complexity index is 263. The van der Waals surface area contributed by atoms with Gasteiger partial charge in [0.15, 0.2) is 0 Å². The summed E-state index contributed by atoms with van der Waals surface area (Å²) >= 11 is 0. The van der Waals surface area contributed by atoms with Crippen LogP contribution in [0.5, 0.6) is 0 Å². The predicted molar refractivity (Wildman–Crippen MR) is 92.7 cm³/mol. The van der Waals surface area contributed by atoms with Crippen LogP contribution in [0.3, 0.4) is 0 Å². The van der Waals surface area contributed by atoms with Crippen molar-refractivity contribution in [3.8, 4) is 0 Å². The second kappa shape index (κ2) is 9.15. The lowest BCUT2D eigenvalue weighted by molar-refractivity contribution is 0.186. The Balaban J connectivity index is 1.52.